The third kappa shape index (κ3) is 1.10. The Kier molecular flexibility index (Phi) is 2.42. The first-order valence-corrected chi connectivity index (χ1v) is 4.76. The van der Waals surface area contributed by atoms with E-state index in [2.05, 4.69) is 9.47 Å². The van der Waals surface area contributed by atoms with Crippen molar-refractivity contribution >= 4 is 5.97 Å². The zero-order valence-electron chi connectivity index (χ0n) is 9.20. The highest BCUT2D eigenvalue weighted by molar-refractivity contribution is 5.75. The lowest BCUT2D eigenvalue weighted by Crippen LogP contribution is -2.56. The number of hydrogen-bond donors (Lipinski definition) is 1. The quantitative estimate of drug-likeness (QED) is 0.753. The van der Waals surface area contributed by atoms with Crippen LogP contribution in [0.25, 0.3) is 0 Å². The summed E-state index contributed by atoms with van der Waals surface area (Å²) in [5.41, 5.74) is 0. The highest BCUT2D eigenvalue weighted by atomic mass is 19.4. The number of alkyl halides is 8. The number of rotatable bonds is 1. The second kappa shape index (κ2) is 3.18. The molecule has 0 aromatic heterocycles. The SMILES string of the molecule is CC1(C(=O)O)OC2(F)C(F)(F)C(F)(F)C(F)(F)C2(F)O1. The summed E-state index contributed by atoms with van der Waals surface area (Å²) in [5.74, 6) is -36.7. The van der Waals surface area contributed by atoms with Crippen molar-refractivity contribution in [3.63, 3.8) is 0 Å². The summed E-state index contributed by atoms with van der Waals surface area (Å²) in [5, 5.41) is 8.47. The van der Waals surface area contributed by atoms with Gasteiger partial charge in [0, 0.05) is 6.92 Å². The zero-order chi connectivity index (χ0) is 16.0. The Bertz CT molecular complexity index is 461. The lowest BCUT2D eigenvalue weighted by Gasteiger charge is -2.29. The second-order valence-electron chi connectivity index (χ2n) is 4.37. The minimum Gasteiger partial charge on any atom is -0.477 e. The number of aliphatic carboxylic acids is 1. The molecule has 1 aliphatic carbocycles. The predicted molar refractivity (Wildman–Crippen MR) is 40.7 cm³/mol. The molecule has 116 valence electrons. The molecule has 0 bridgehead atoms. The molecule has 1 aliphatic heterocycles. The average Bonchev–Trinajstić information content (AvgIpc) is 2.51. The third-order valence-corrected chi connectivity index (χ3v) is 3.07. The monoisotopic (exact) mass is 316 g/mol. The molecule has 1 heterocycles. The van der Waals surface area contributed by atoms with E-state index in [0.29, 0.717) is 0 Å². The molecule has 1 N–H and O–H groups in total. The van der Waals surface area contributed by atoms with Crippen LogP contribution in [-0.2, 0) is 14.3 Å². The summed E-state index contributed by atoms with van der Waals surface area (Å²) >= 11 is 0. The molecule has 12 heteroatoms. The van der Waals surface area contributed by atoms with Gasteiger partial charge in [-0.2, -0.15) is 35.1 Å². The number of ether oxygens (including phenoxy) is 2. The van der Waals surface area contributed by atoms with E-state index in [-0.39, 0.29) is 6.92 Å². The van der Waals surface area contributed by atoms with Gasteiger partial charge in [-0.3, -0.25) is 9.47 Å². The van der Waals surface area contributed by atoms with Crippen LogP contribution in [0.5, 0.6) is 0 Å². The minimum atomic E-state index is -6.50. The first-order valence-electron chi connectivity index (χ1n) is 4.76. The number of carboxylic acid groups (broad SMARTS) is 1. The topological polar surface area (TPSA) is 55.8 Å². The molecule has 2 aliphatic rings. The highest BCUT2D eigenvalue weighted by Gasteiger charge is 3.05. The molecule has 0 aromatic rings. The summed E-state index contributed by atoms with van der Waals surface area (Å²) < 4.78 is 113. The van der Waals surface area contributed by atoms with Crippen molar-refractivity contribution < 1.29 is 54.5 Å². The average molecular weight is 316 g/mol. The van der Waals surface area contributed by atoms with Gasteiger partial charge in [-0.05, 0) is 0 Å². The van der Waals surface area contributed by atoms with Crippen LogP contribution in [0.1, 0.15) is 6.92 Å². The Morgan fingerprint density at radius 1 is 0.800 bits per heavy atom. The fourth-order valence-corrected chi connectivity index (χ4v) is 1.91. The van der Waals surface area contributed by atoms with Gasteiger partial charge in [0.15, 0.2) is 0 Å². The van der Waals surface area contributed by atoms with Crippen molar-refractivity contribution in [1.29, 1.82) is 0 Å². The Hall–Kier alpha value is -1.17. The van der Waals surface area contributed by atoms with E-state index >= 15 is 0 Å². The number of fused-ring (bicyclic) bond motifs is 1. The van der Waals surface area contributed by atoms with Crippen LogP contribution in [0.15, 0.2) is 0 Å². The smallest absolute Gasteiger partial charge is 0.384 e. The molecule has 2 atom stereocenters. The highest BCUT2D eigenvalue weighted by Crippen LogP contribution is 2.72. The van der Waals surface area contributed by atoms with Crippen molar-refractivity contribution in [2.24, 2.45) is 0 Å². The van der Waals surface area contributed by atoms with Gasteiger partial charge in [0.05, 0.1) is 0 Å². The van der Waals surface area contributed by atoms with E-state index < -0.39 is 41.2 Å². The van der Waals surface area contributed by atoms with Crippen LogP contribution in [0.4, 0.5) is 35.1 Å². The van der Waals surface area contributed by atoms with Gasteiger partial charge in [-0.15, -0.1) is 0 Å². The minimum absolute atomic E-state index is 0.112. The lowest BCUT2D eigenvalue weighted by atomic mass is 10.1. The molecule has 1 saturated carbocycles. The molecule has 20 heavy (non-hydrogen) atoms. The van der Waals surface area contributed by atoms with Crippen molar-refractivity contribution in [1.82, 2.24) is 0 Å². The summed E-state index contributed by atoms with van der Waals surface area (Å²) in [6, 6.07) is 0. The number of hydrogen-bond acceptors (Lipinski definition) is 3. The van der Waals surface area contributed by atoms with E-state index in [1.165, 1.54) is 0 Å². The molecule has 2 unspecified atom stereocenters. The molecule has 2 rings (SSSR count). The van der Waals surface area contributed by atoms with Gasteiger partial charge in [-0.25, -0.2) is 4.79 Å². The molecular weight excluding hydrogens is 312 g/mol. The standard InChI is InChI=1S/C8H4F8O4/c1-3(2(17)18)19-7(15)5(11,12)4(9,10)6(13,14)8(7,16)20-3/h1H3,(H,17,18). The molecule has 0 radical (unpaired) electrons. The number of carboxylic acids is 1. The van der Waals surface area contributed by atoms with E-state index in [1.54, 1.807) is 0 Å². The van der Waals surface area contributed by atoms with Gasteiger partial charge >= 0.3 is 35.4 Å². The first kappa shape index (κ1) is 15.2. The molecule has 1 saturated heterocycles. The summed E-state index contributed by atoms with van der Waals surface area (Å²) in [7, 11) is 0. The maximum absolute atomic E-state index is 13.8. The van der Waals surface area contributed by atoms with Crippen molar-refractivity contribution in [3.8, 4) is 0 Å². The van der Waals surface area contributed by atoms with Crippen LogP contribution >= 0.6 is 0 Å². The number of carbonyl (C=O) groups is 1. The first-order chi connectivity index (χ1) is 8.61. The zero-order valence-corrected chi connectivity index (χ0v) is 9.20. The van der Waals surface area contributed by atoms with Gasteiger partial charge in [0.25, 0.3) is 5.79 Å². The Morgan fingerprint density at radius 3 is 1.35 bits per heavy atom. The van der Waals surface area contributed by atoms with Crippen LogP contribution < -0.4 is 0 Å². The van der Waals surface area contributed by atoms with Crippen LogP contribution in [0.2, 0.25) is 0 Å². The third-order valence-electron chi connectivity index (χ3n) is 3.07. The van der Waals surface area contributed by atoms with Crippen molar-refractivity contribution in [2.75, 3.05) is 0 Å². The van der Waals surface area contributed by atoms with Crippen molar-refractivity contribution in [3.05, 3.63) is 0 Å². The maximum atomic E-state index is 13.8. The molecule has 0 aromatic carbocycles. The molecule has 0 amide bonds. The summed E-state index contributed by atoms with van der Waals surface area (Å²) in [4.78, 5) is 10.6. The summed E-state index contributed by atoms with van der Waals surface area (Å²) in [6.07, 6.45) is 0. The molecule has 0 spiro atoms. The van der Waals surface area contributed by atoms with Gasteiger partial charge in [-0.1, -0.05) is 0 Å². The molecule has 2 fully saturated rings. The van der Waals surface area contributed by atoms with Gasteiger partial charge < -0.3 is 5.11 Å². The second-order valence-corrected chi connectivity index (χ2v) is 4.37. The maximum Gasteiger partial charge on any atom is 0.384 e. The van der Waals surface area contributed by atoms with Gasteiger partial charge in [0.1, 0.15) is 0 Å². The van der Waals surface area contributed by atoms with Crippen LogP contribution in [-0.4, -0.2) is 46.3 Å². The van der Waals surface area contributed by atoms with E-state index in [9.17, 15) is 39.9 Å². The normalized spacial score (nSPS) is 48.0. The molecular formula is C8H4F8O4. The fourth-order valence-electron chi connectivity index (χ4n) is 1.91. The fraction of sp³-hybridized carbons (Fsp3) is 0.875. The van der Waals surface area contributed by atoms with Crippen molar-refractivity contribution in [2.45, 2.75) is 42.2 Å². The Balaban J connectivity index is 2.72. The Labute approximate surface area is 104 Å². The van der Waals surface area contributed by atoms with Gasteiger partial charge in [0.2, 0.25) is 0 Å². The van der Waals surface area contributed by atoms with Crippen LogP contribution in [0.3, 0.4) is 0 Å². The van der Waals surface area contributed by atoms with E-state index in [1.807, 2.05) is 0 Å². The predicted octanol–water partition coefficient (Wildman–Crippen LogP) is 2.09. The Morgan fingerprint density at radius 2 is 1.10 bits per heavy atom. The summed E-state index contributed by atoms with van der Waals surface area (Å²) in [6.45, 7) is 0.112. The van der Waals surface area contributed by atoms with E-state index in [4.69, 9.17) is 5.11 Å². The largest absolute Gasteiger partial charge is 0.477 e. The lowest BCUT2D eigenvalue weighted by molar-refractivity contribution is -0.356. The number of halogens is 8. The van der Waals surface area contributed by atoms with Crippen LogP contribution in [0, 0.1) is 0 Å². The van der Waals surface area contributed by atoms with E-state index in [0.717, 1.165) is 0 Å². The molecule has 4 nitrogen and oxygen atoms in total.